The number of hydrogen-bond donors (Lipinski definition) is 0. The van der Waals surface area contributed by atoms with Gasteiger partial charge in [-0.05, 0) is 82.9 Å². The minimum Gasteiger partial charge on any atom is -0.308 e. The van der Waals surface area contributed by atoms with Gasteiger partial charge in [0, 0.05) is 47.1 Å². The van der Waals surface area contributed by atoms with E-state index in [-0.39, 0.29) is 5.41 Å². The lowest BCUT2D eigenvalue weighted by Gasteiger charge is -2.42. The molecule has 3 aromatic heterocycles. The number of anilines is 3. The van der Waals surface area contributed by atoms with Gasteiger partial charge in [0.25, 0.3) is 0 Å². The van der Waals surface area contributed by atoms with Crippen molar-refractivity contribution in [1.29, 1.82) is 0 Å². The van der Waals surface area contributed by atoms with Crippen molar-refractivity contribution < 1.29 is 0 Å². The number of para-hydroxylation sites is 2. The first kappa shape index (κ1) is 31.2. The van der Waals surface area contributed by atoms with Gasteiger partial charge in [-0.3, -0.25) is 0 Å². The van der Waals surface area contributed by atoms with E-state index in [2.05, 4.69) is 193 Å². The molecule has 1 aliphatic heterocycles. The van der Waals surface area contributed by atoms with Gasteiger partial charge >= 0.3 is 0 Å². The van der Waals surface area contributed by atoms with Crippen molar-refractivity contribution in [2.45, 2.75) is 19.3 Å². The van der Waals surface area contributed by atoms with Crippen LogP contribution in [-0.2, 0) is 5.41 Å². The van der Waals surface area contributed by atoms with Crippen LogP contribution in [0, 0.1) is 0 Å². The Kier molecular flexibility index (Phi) is 6.47. The van der Waals surface area contributed by atoms with Crippen LogP contribution in [0.5, 0.6) is 0 Å². The molecule has 4 heteroatoms. The molecular weight excluding hydrogens is 705 g/mol. The van der Waals surface area contributed by atoms with Gasteiger partial charge in [0.1, 0.15) is 0 Å². The molecule has 0 aliphatic carbocycles. The third-order valence-electron chi connectivity index (χ3n) is 12.0. The number of aromatic nitrogens is 1. The van der Waals surface area contributed by atoms with Crippen LogP contribution in [0.15, 0.2) is 170 Å². The Hall–Kier alpha value is -6.20. The molecule has 4 heterocycles. The van der Waals surface area contributed by atoms with Crippen molar-refractivity contribution in [3.63, 3.8) is 0 Å². The summed E-state index contributed by atoms with van der Waals surface area (Å²) in [6, 6.07) is 63.2. The molecule has 2 nitrogen and oxygen atoms in total. The van der Waals surface area contributed by atoms with Gasteiger partial charge in [-0.15, -0.1) is 22.7 Å². The highest BCUT2D eigenvalue weighted by atomic mass is 32.1. The Balaban J connectivity index is 1.05. The molecule has 0 saturated heterocycles. The maximum Gasteiger partial charge on any atom is 0.0640 e. The van der Waals surface area contributed by atoms with E-state index in [9.17, 15) is 0 Å². The zero-order chi connectivity index (χ0) is 36.4. The Labute approximate surface area is 326 Å². The van der Waals surface area contributed by atoms with E-state index in [4.69, 9.17) is 0 Å². The van der Waals surface area contributed by atoms with Crippen LogP contribution in [0.3, 0.4) is 0 Å². The van der Waals surface area contributed by atoms with Gasteiger partial charge in [0.15, 0.2) is 0 Å². The normalized spacial score (nSPS) is 13.7. The molecule has 11 aromatic rings. The molecule has 0 unspecified atom stereocenters. The van der Waals surface area contributed by atoms with Gasteiger partial charge < -0.3 is 9.47 Å². The predicted octanol–water partition coefficient (Wildman–Crippen LogP) is 15.3. The lowest BCUT2D eigenvalue weighted by Crippen LogP contribution is -2.30. The van der Waals surface area contributed by atoms with E-state index in [1.807, 2.05) is 22.7 Å². The maximum absolute atomic E-state index is 2.52. The summed E-state index contributed by atoms with van der Waals surface area (Å²) in [5.41, 5.74) is 12.4. The van der Waals surface area contributed by atoms with Crippen LogP contribution in [0.4, 0.5) is 17.1 Å². The molecule has 0 spiro atoms. The molecule has 12 rings (SSSR count). The first-order valence-electron chi connectivity index (χ1n) is 18.9. The van der Waals surface area contributed by atoms with E-state index in [0.29, 0.717) is 0 Å². The molecule has 0 saturated carbocycles. The molecule has 0 atom stereocenters. The van der Waals surface area contributed by atoms with Crippen molar-refractivity contribution in [3.05, 3.63) is 181 Å². The highest BCUT2D eigenvalue weighted by Gasteiger charge is 2.37. The molecule has 0 bridgehead atoms. The Morgan fingerprint density at radius 3 is 1.67 bits per heavy atom. The minimum atomic E-state index is -0.199. The van der Waals surface area contributed by atoms with E-state index in [1.54, 1.807) is 0 Å². The lowest BCUT2D eigenvalue weighted by molar-refractivity contribution is 0.632. The molecule has 0 N–H and O–H groups in total. The number of fused-ring (bicyclic) bond motifs is 11. The lowest BCUT2D eigenvalue weighted by atomic mass is 9.73. The Morgan fingerprint density at radius 1 is 0.382 bits per heavy atom. The average molecular weight is 739 g/mol. The second-order valence-electron chi connectivity index (χ2n) is 15.3. The van der Waals surface area contributed by atoms with E-state index in [1.165, 1.54) is 107 Å². The van der Waals surface area contributed by atoms with Gasteiger partial charge in [-0.1, -0.05) is 123 Å². The van der Waals surface area contributed by atoms with E-state index >= 15 is 0 Å². The first-order chi connectivity index (χ1) is 27.0. The monoisotopic (exact) mass is 738 g/mol. The van der Waals surface area contributed by atoms with Crippen LogP contribution < -0.4 is 4.90 Å². The van der Waals surface area contributed by atoms with Crippen molar-refractivity contribution >= 4 is 102 Å². The second-order valence-corrected chi connectivity index (χ2v) is 17.4. The quantitative estimate of drug-likeness (QED) is 0.175. The predicted molar refractivity (Wildman–Crippen MR) is 239 cm³/mol. The number of benzene rings is 8. The standard InChI is InChI=1S/C51H34N2S2/c1-51(2)39-18-6-8-20-43(39)53(46-22-12-17-37-35-15-5-10-24-48(35)55-50(37)46)44-28-26-32(30-40(44)51)31-25-27-42-38(29-31)33-13-3-7-19-41(33)52(42)45-21-11-16-36-34-14-4-9-23-47(34)54-49(36)45/h3-30H,1-2H3. The third kappa shape index (κ3) is 4.35. The summed E-state index contributed by atoms with van der Waals surface area (Å²) >= 11 is 3.78. The largest absolute Gasteiger partial charge is 0.308 e. The van der Waals surface area contributed by atoms with E-state index < -0.39 is 0 Å². The van der Waals surface area contributed by atoms with Crippen LogP contribution in [-0.4, -0.2) is 4.57 Å². The molecule has 8 aromatic carbocycles. The van der Waals surface area contributed by atoms with Crippen molar-refractivity contribution in [2.24, 2.45) is 0 Å². The first-order valence-corrected chi connectivity index (χ1v) is 20.6. The summed E-state index contributed by atoms with van der Waals surface area (Å²) in [6.07, 6.45) is 0. The number of rotatable bonds is 3. The fourth-order valence-corrected chi connectivity index (χ4v) is 11.8. The summed E-state index contributed by atoms with van der Waals surface area (Å²) in [7, 11) is 0. The molecular formula is C51H34N2S2. The van der Waals surface area contributed by atoms with Crippen LogP contribution in [0.25, 0.3) is 79.0 Å². The zero-order valence-electron chi connectivity index (χ0n) is 30.4. The molecule has 0 amide bonds. The summed E-state index contributed by atoms with van der Waals surface area (Å²) < 4.78 is 7.77. The van der Waals surface area contributed by atoms with E-state index in [0.717, 1.165) is 0 Å². The fraction of sp³-hybridized carbons (Fsp3) is 0.0588. The topological polar surface area (TPSA) is 8.17 Å². The number of hydrogen-bond acceptors (Lipinski definition) is 3. The molecule has 55 heavy (non-hydrogen) atoms. The van der Waals surface area contributed by atoms with Gasteiger partial charge in [0.05, 0.1) is 43.2 Å². The number of thiophene rings is 2. The zero-order valence-corrected chi connectivity index (χ0v) is 32.0. The van der Waals surface area contributed by atoms with Gasteiger partial charge in [-0.2, -0.15) is 0 Å². The summed E-state index contributed by atoms with van der Waals surface area (Å²) in [5.74, 6) is 0. The second kappa shape index (κ2) is 11.4. The molecule has 0 radical (unpaired) electrons. The van der Waals surface area contributed by atoms with Crippen LogP contribution >= 0.6 is 22.7 Å². The third-order valence-corrected chi connectivity index (χ3v) is 14.4. The SMILES string of the molecule is CC1(C)c2ccccc2N(c2cccc3c2sc2ccccc23)c2ccc(-c3ccc4c(c3)c3ccccc3n4-c3cccc4c3sc3ccccc34)cc21. The Bertz CT molecular complexity index is 3370. The van der Waals surface area contributed by atoms with Crippen molar-refractivity contribution in [1.82, 2.24) is 4.57 Å². The van der Waals surface area contributed by atoms with Crippen molar-refractivity contribution in [2.75, 3.05) is 4.90 Å². The summed E-state index contributed by atoms with van der Waals surface area (Å²) in [6.45, 7) is 4.77. The average Bonchev–Trinajstić information content (AvgIpc) is 3.91. The Morgan fingerprint density at radius 2 is 0.909 bits per heavy atom. The van der Waals surface area contributed by atoms with Crippen molar-refractivity contribution in [3.8, 4) is 16.8 Å². The van der Waals surface area contributed by atoms with Crippen LogP contribution in [0.1, 0.15) is 25.0 Å². The highest BCUT2D eigenvalue weighted by molar-refractivity contribution is 7.26. The summed E-state index contributed by atoms with van der Waals surface area (Å²) in [4.78, 5) is 2.52. The molecule has 1 aliphatic rings. The van der Waals surface area contributed by atoms with Gasteiger partial charge in [-0.25, -0.2) is 0 Å². The fourth-order valence-electron chi connectivity index (χ4n) is 9.37. The van der Waals surface area contributed by atoms with Crippen LogP contribution in [0.2, 0.25) is 0 Å². The minimum absolute atomic E-state index is 0.199. The number of nitrogens with zero attached hydrogens (tertiary/aromatic N) is 2. The highest BCUT2D eigenvalue weighted by Crippen LogP contribution is 2.55. The maximum atomic E-state index is 2.52. The molecule has 260 valence electrons. The summed E-state index contributed by atoms with van der Waals surface area (Å²) in [5, 5.41) is 7.82. The molecule has 0 fully saturated rings. The smallest absolute Gasteiger partial charge is 0.0640 e. The van der Waals surface area contributed by atoms with Gasteiger partial charge in [0.2, 0.25) is 0 Å².